The molecule has 0 aromatic heterocycles. The third-order valence-corrected chi connectivity index (χ3v) is 4.89. The van der Waals surface area contributed by atoms with Gasteiger partial charge in [0.2, 0.25) is 0 Å². The van der Waals surface area contributed by atoms with Crippen LogP contribution in [0.1, 0.15) is 46.1 Å². The molecule has 1 aromatic rings. The third kappa shape index (κ3) is 4.26. The quantitative estimate of drug-likeness (QED) is 0.832. The van der Waals surface area contributed by atoms with Gasteiger partial charge in [0.1, 0.15) is 4.90 Å². The van der Waals surface area contributed by atoms with Crippen LogP contribution in [0, 0.1) is 0 Å². The summed E-state index contributed by atoms with van der Waals surface area (Å²) in [5, 5.41) is 0. The molecule has 0 saturated heterocycles. The molecule has 0 spiro atoms. The predicted molar refractivity (Wildman–Crippen MR) is 93.1 cm³/mol. The molecule has 5 nitrogen and oxygen atoms in total. The monoisotopic (exact) mass is 338 g/mol. The summed E-state index contributed by atoms with van der Waals surface area (Å²) in [7, 11) is -4.28. The second-order valence-electron chi connectivity index (χ2n) is 6.98. The number of hydrogen-bond acceptors (Lipinski definition) is 4. The van der Waals surface area contributed by atoms with Gasteiger partial charge in [-0.05, 0) is 29.5 Å². The summed E-state index contributed by atoms with van der Waals surface area (Å²) < 4.78 is 33.3. The number of nitrogens with zero attached hydrogens (tertiary/aromatic N) is 2. The van der Waals surface area contributed by atoms with Gasteiger partial charge in [-0.2, -0.15) is 8.42 Å². The van der Waals surface area contributed by atoms with Crippen molar-refractivity contribution in [2.24, 2.45) is 0 Å². The van der Waals surface area contributed by atoms with E-state index in [1.165, 1.54) is 0 Å². The minimum absolute atomic E-state index is 0.0353. The molecule has 0 amide bonds. The second kappa shape index (κ2) is 6.53. The Balaban J connectivity index is 2.35. The van der Waals surface area contributed by atoms with Crippen LogP contribution < -0.4 is 4.90 Å². The van der Waals surface area contributed by atoms with Crippen molar-refractivity contribution in [3.63, 3.8) is 0 Å². The van der Waals surface area contributed by atoms with E-state index in [0.29, 0.717) is 12.4 Å². The molecule has 0 bridgehead atoms. The zero-order chi connectivity index (χ0) is 17.3. The molecular formula is C17H26N2O3S. The lowest BCUT2D eigenvalue weighted by molar-refractivity contribution is 0.395. The highest BCUT2D eigenvalue weighted by Gasteiger charge is 2.25. The van der Waals surface area contributed by atoms with Crippen molar-refractivity contribution in [1.82, 2.24) is 4.90 Å². The Bertz CT molecular complexity index is 690. The summed E-state index contributed by atoms with van der Waals surface area (Å²) in [6.45, 7) is 9.70. The molecular weight excluding hydrogens is 312 g/mol. The Hall–Kier alpha value is -1.53. The van der Waals surface area contributed by atoms with Crippen LogP contribution in [0.2, 0.25) is 0 Å². The number of hydrogen-bond donors (Lipinski definition) is 1. The number of anilines is 1. The molecule has 2 rings (SSSR count). The summed E-state index contributed by atoms with van der Waals surface area (Å²) in [4.78, 5) is 3.95. The highest BCUT2D eigenvalue weighted by atomic mass is 32.2. The third-order valence-electron chi connectivity index (χ3n) is 4.00. The molecule has 1 aliphatic rings. The summed E-state index contributed by atoms with van der Waals surface area (Å²) in [6.07, 6.45) is 6.02. The van der Waals surface area contributed by atoms with Crippen molar-refractivity contribution in [2.75, 3.05) is 18.1 Å². The predicted octanol–water partition coefficient (Wildman–Crippen LogP) is 3.58. The van der Waals surface area contributed by atoms with Crippen LogP contribution >= 0.6 is 0 Å². The van der Waals surface area contributed by atoms with Gasteiger partial charge in [0.15, 0.2) is 0 Å². The van der Waals surface area contributed by atoms with Crippen molar-refractivity contribution < 1.29 is 13.0 Å². The van der Waals surface area contributed by atoms with Crippen LogP contribution in [0.5, 0.6) is 0 Å². The van der Waals surface area contributed by atoms with Crippen LogP contribution in [0.3, 0.4) is 0 Å². The number of rotatable bonds is 5. The van der Waals surface area contributed by atoms with Crippen LogP contribution in [0.4, 0.5) is 5.69 Å². The summed E-state index contributed by atoms with van der Waals surface area (Å²) in [5.74, 6) is 0. The SMILES string of the molecule is CCCCN1C=CN(c2ccc(C(C)(C)C)cc2S(=O)(=O)O)C1. The van der Waals surface area contributed by atoms with E-state index >= 15 is 0 Å². The van der Waals surface area contributed by atoms with Gasteiger partial charge in [0.05, 0.1) is 12.4 Å². The Morgan fingerprint density at radius 2 is 1.91 bits per heavy atom. The molecule has 0 radical (unpaired) electrons. The van der Waals surface area contributed by atoms with Crippen LogP contribution in [0.15, 0.2) is 35.5 Å². The molecule has 1 N–H and O–H groups in total. The van der Waals surface area contributed by atoms with Gasteiger partial charge in [-0.25, -0.2) is 0 Å². The second-order valence-corrected chi connectivity index (χ2v) is 8.37. The van der Waals surface area contributed by atoms with E-state index in [1.54, 1.807) is 12.1 Å². The summed E-state index contributed by atoms with van der Waals surface area (Å²) >= 11 is 0. The maximum absolute atomic E-state index is 11.8. The minimum Gasteiger partial charge on any atom is -0.358 e. The van der Waals surface area contributed by atoms with Crippen molar-refractivity contribution in [3.8, 4) is 0 Å². The Labute approximate surface area is 139 Å². The van der Waals surface area contributed by atoms with E-state index in [0.717, 1.165) is 24.9 Å². The van der Waals surface area contributed by atoms with Crippen LogP contribution in [0.25, 0.3) is 0 Å². The molecule has 6 heteroatoms. The zero-order valence-corrected chi connectivity index (χ0v) is 15.1. The highest BCUT2D eigenvalue weighted by molar-refractivity contribution is 7.86. The molecule has 1 aliphatic heterocycles. The lowest BCUT2D eigenvalue weighted by Gasteiger charge is -2.25. The van der Waals surface area contributed by atoms with Crippen LogP contribution in [-0.2, 0) is 15.5 Å². The normalized spacial score (nSPS) is 15.5. The van der Waals surface area contributed by atoms with E-state index in [-0.39, 0.29) is 10.3 Å². The van der Waals surface area contributed by atoms with E-state index < -0.39 is 10.1 Å². The van der Waals surface area contributed by atoms with Gasteiger partial charge < -0.3 is 9.80 Å². The summed E-state index contributed by atoms with van der Waals surface area (Å²) in [6, 6.07) is 5.27. The zero-order valence-electron chi connectivity index (χ0n) is 14.3. The molecule has 1 heterocycles. The maximum Gasteiger partial charge on any atom is 0.296 e. The van der Waals surface area contributed by atoms with E-state index in [9.17, 15) is 13.0 Å². The molecule has 1 aromatic carbocycles. The average molecular weight is 338 g/mol. The molecule has 0 saturated carbocycles. The molecule has 0 aliphatic carbocycles. The first-order valence-corrected chi connectivity index (χ1v) is 9.38. The van der Waals surface area contributed by atoms with E-state index in [4.69, 9.17) is 0 Å². The summed E-state index contributed by atoms with van der Waals surface area (Å²) in [5.41, 5.74) is 1.20. The van der Waals surface area contributed by atoms with Crippen molar-refractivity contribution in [1.29, 1.82) is 0 Å². The van der Waals surface area contributed by atoms with Gasteiger partial charge >= 0.3 is 0 Å². The largest absolute Gasteiger partial charge is 0.358 e. The lowest BCUT2D eigenvalue weighted by Crippen LogP contribution is -2.27. The maximum atomic E-state index is 11.8. The van der Waals surface area contributed by atoms with Crippen LogP contribution in [-0.4, -0.2) is 31.1 Å². The van der Waals surface area contributed by atoms with Crippen molar-refractivity contribution >= 4 is 15.8 Å². The highest BCUT2D eigenvalue weighted by Crippen LogP contribution is 2.32. The number of benzene rings is 1. The van der Waals surface area contributed by atoms with E-state index in [2.05, 4.69) is 11.8 Å². The van der Waals surface area contributed by atoms with Gasteiger partial charge in [-0.15, -0.1) is 0 Å². The molecule has 0 unspecified atom stereocenters. The lowest BCUT2D eigenvalue weighted by atomic mass is 9.87. The van der Waals surface area contributed by atoms with Gasteiger partial charge in [0.25, 0.3) is 10.1 Å². The Morgan fingerprint density at radius 1 is 1.22 bits per heavy atom. The fourth-order valence-electron chi connectivity index (χ4n) is 2.55. The first-order chi connectivity index (χ1) is 10.6. The smallest absolute Gasteiger partial charge is 0.296 e. The fraction of sp³-hybridized carbons (Fsp3) is 0.529. The first-order valence-electron chi connectivity index (χ1n) is 7.94. The first kappa shape index (κ1) is 17.8. The minimum atomic E-state index is -4.28. The fourth-order valence-corrected chi connectivity index (χ4v) is 3.28. The molecule has 0 fully saturated rings. The standard InChI is InChI=1S/C17H26N2O3S/c1-5-6-9-18-10-11-19(13-18)15-8-7-14(17(2,3)4)12-16(15)23(20,21)22/h7-8,10-12H,5-6,9,13H2,1-4H3,(H,20,21,22). The molecule has 23 heavy (non-hydrogen) atoms. The Kier molecular flexibility index (Phi) is 5.06. The van der Waals surface area contributed by atoms with Gasteiger partial charge in [-0.1, -0.05) is 40.2 Å². The molecule has 128 valence electrons. The number of unbranched alkanes of at least 4 members (excludes halogenated alkanes) is 1. The van der Waals surface area contributed by atoms with E-state index in [1.807, 2.05) is 44.1 Å². The van der Waals surface area contributed by atoms with Crippen molar-refractivity contribution in [3.05, 3.63) is 36.2 Å². The van der Waals surface area contributed by atoms with Crippen molar-refractivity contribution in [2.45, 2.75) is 50.8 Å². The van der Waals surface area contributed by atoms with Gasteiger partial charge in [0, 0.05) is 18.9 Å². The van der Waals surface area contributed by atoms with Gasteiger partial charge in [-0.3, -0.25) is 4.55 Å². The average Bonchev–Trinajstić information content (AvgIpc) is 2.91. The topological polar surface area (TPSA) is 60.9 Å². The molecule has 0 atom stereocenters. The Morgan fingerprint density at radius 3 is 2.48 bits per heavy atom.